The van der Waals surface area contributed by atoms with E-state index >= 15 is 0 Å². The number of rotatable bonds is 8. The number of nitrogens with zero attached hydrogens (tertiary/aromatic N) is 3. The molecule has 3 rings (SSSR count). The molecule has 9 heteroatoms. The maximum absolute atomic E-state index is 14.0. The van der Waals surface area contributed by atoms with Crippen LogP contribution < -0.4 is 15.5 Å². The summed E-state index contributed by atoms with van der Waals surface area (Å²) in [5.41, 5.74) is 0. The summed E-state index contributed by atoms with van der Waals surface area (Å²) in [7, 11) is 0. The van der Waals surface area contributed by atoms with Gasteiger partial charge in [0.2, 0.25) is 0 Å². The molecule has 0 aliphatic carbocycles. The van der Waals surface area contributed by atoms with Crippen molar-refractivity contribution in [1.29, 1.82) is 0 Å². The molecular formula is C19H27FIN5OS. The fourth-order valence-corrected chi connectivity index (χ4v) is 3.31. The van der Waals surface area contributed by atoms with Crippen LogP contribution in [0.15, 0.2) is 46.1 Å². The predicted octanol–water partition coefficient (Wildman–Crippen LogP) is 3.15. The molecule has 2 N–H and O–H groups in total. The van der Waals surface area contributed by atoms with Crippen molar-refractivity contribution < 1.29 is 8.81 Å². The molecule has 3 heterocycles. The van der Waals surface area contributed by atoms with Crippen LogP contribution in [0.3, 0.4) is 0 Å². The average molecular weight is 519 g/mol. The van der Waals surface area contributed by atoms with Crippen LogP contribution in [-0.4, -0.2) is 55.2 Å². The molecule has 1 atom stereocenters. The third-order valence-corrected chi connectivity index (χ3v) is 4.97. The van der Waals surface area contributed by atoms with Crippen LogP contribution in [0, 0.1) is 5.82 Å². The van der Waals surface area contributed by atoms with Crippen molar-refractivity contribution in [2.24, 2.45) is 4.99 Å². The summed E-state index contributed by atoms with van der Waals surface area (Å²) in [5.74, 6) is 2.87. The molecule has 1 saturated heterocycles. The summed E-state index contributed by atoms with van der Waals surface area (Å²) in [5, 5.41) is 6.85. The lowest BCUT2D eigenvalue weighted by molar-refractivity contribution is 0.506. The van der Waals surface area contributed by atoms with Crippen LogP contribution in [0.2, 0.25) is 0 Å². The molecule has 1 aliphatic heterocycles. The first-order valence-electron chi connectivity index (χ1n) is 9.18. The molecule has 0 saturated carbocycles. The van der Waals surface area contributed by atoms with Gasteiger partial charge in [0.05, 0.1) is 12.8 Å². The Balaban J connectivity index is 0.00000280. The molecule has 28 heavy (non-hydrogen) atoms. The van der Waals surface area contributed by atoms with E-state index in [1.807, 2.05) is 17.0 Å². The van der Waals surface area contributed by atoms with Crippen molar-refractivity contribution in [1.82, 2.24) is 15.6 Å². The van der Waals surface area contributed by atoms with Gasteiger partial charge in [-0.3, -0.25) is 4.99 Å². The fraction of sp³-hybridized carbons (Fsp3) is 0.474. The lowest BCUT2D eigenvalue weighted by atomic mass is 10.3. The Morgan fingerprint density at radius 1 is 1.43 bits per heavy atom. The summed E-state index contributed by atoms with van der Waals surface area (Å²) >= 11 is 1.77. The van der Waals surface area contributed by atoms with E-state index in [2.05, 4.69) is 26.9 Å². The maximum atomic E-state index is 14.0. The van der Waals surface area contributed by atoms with Crippen LogP contribution >= 0.6 is 35.7 Å². The highest BCUT2D eigenvalue weighted by Gasteiger charge is 2.25. The van der Waals surface area contributed by atoms with Crippen molar-refractivity contribution in [2.75, 3.05) is 43.1 Å². The molecule has 2 aromatic heterocycles. The van der Waals surface area contributed by atoms with Crippen LogP contribution in [0.25, 0.3) is 0 Å². The summed E-state index contributed by atoms with van der Waals surface area (Å²) in [4.78, 5) is 10.8. The lowest BCUT2D eigenvalue weighted by Crippen LogP contribution is -2.45. The summed E-state index contributed by atoms with van der Waals surface area (Å²) in [6, 6.07) is 7.13. The van der Waals surface area contributed by atoms with Crippen molar-refractivity contribution in [3.8, 4) is 0 Å². The zero-order valence-corrected chi connectivity index (χ0v) is 19.1. The predicted molar refractivity (Wildman–Crippen MR) is 124 cm³/mol. The van der Waals surface area contributed by atoms with E-state index in [0.717, 1.165) is 49.9 Å². The Morgan fingerprint density at radius 2 is 2.32 bits per heavy atom. The van der Waals surface area contributed by atoms with Gasteiger partial charge in [0.25, 0.3) is 0 Å². The Morgan fingerprint density at radius 3 is 3.07 bits per heavy atom. The van der Waals surface area contributed by atoms with Gasteiger partial charge in [-0.1, -0.05) is 0 Å². The second-order valence-corrected chi connectivity index (χ2v) is 7.35. The van der Waals surface area contributed by atoms with E-state index < -0.39 is 0 Å². The number of hydrogen-bond acceptors (Lipinski definition) is 5. The number of thioether (sulfide) groups is 1. The van der Waals surface area contributed by atoms with Gasteiger partial charge in [-0.05, 0) is 36.9 Å². The van der Waals surface area contributed by atoms with Crippen molar-refractivity contribution in [3.05, 3.63) is 48.3 Å². The molecule has 0 spiro atoms. The van der Waals surface area contributed by atoms with E-state index in [-0.39, 0.29) is 35.8 Å². The lowest BCUT2D eigenvalue weighted by Gasteiger charge is -2.20. The van der Waals surface area contributed by atoms with Crippen molar-refractivity contribution in [3.63, 3.8) is 0 Å². The van der Waals surface area contributed by atoms with Crippen molar-refractivity contribution in [2.45, 2.75) is 18.9 Å². The van der Waals surface area contributed by atoms with Crippen LogP contribution in [0.4, 0.5) is 10.2 Å². The molecule has 1 fully saturated rings. The number of hydrogen-bond donors (Lipinski definition) is 2. The van der Waals surface area contributed by atoms with Crippen molar-refractivity contribution >= 4 is 47.5 Å². The Kier molecular flexibility index (Phi) is 9.89. The topological polar surface area (TPSA) is 65.7 Å². The molecule has 0 amide bonds. The van der Waals surface area contributed by atoms with Crippen LogP contribution in [-0.2, 0) is 6.42 Å². The van der Waals surface area contributed by atoms with Gasteiger partial charge in [-0.15, -0.1) is 24.0 Å². The second-order valence-electron chi connectivity index (χ2n) is 6.36. The number of guanidine groups is 1. The fourth-order valence-electron chi connectivity index (χ4n) is 3.03. The number of anilines is 1. The van der Waals surface area contributed by atoms with Gasteiger partial charge in [0.15, 0.2) is 17.6 Å². The minimum Gasteiger partial charge on any atom is -0.469 e. The molecule has 0 aromatic carbocycles. The molecule has 154 valence electrons. The summed E-state index contributed by atoms with van der Waals surface area (Å²) in [6.07, 6.45) is 7.10. The van der Waals surface area contributed by atoms with E-state index in [9.17, 15) is 4.39 Å². The summed E-state index contributed by atoms with van der Waals surface area (Å²) < 4.78 is 19.3. The van der Waals surface area contributed by atoms with E-state index in [1.165, 1.54) is 6.07 Å². The molecular weight excluding hydrogens is 492 g/mol. The number of furan rings is 1. The Labute approximate surface area is 186 Å². The first-order chi connectivity index (χ1) is 13.3. The van der Waals surface area contributed by atoms with E-state index in [0.29, 0.717) is 12.4 Å². The van der Waals surface area contributed by atoms with E-state index in [4.69, 9.17) is 4.42 Å². The molecule has 2 aromatic rings. The molecule has 6 nitrogen and oxygen atoms in total. The number of aliphatic imine (C=N–C) groups is 1. The van der Waals surface area contributed by atoms with E-state index in [1.54, 1.807) is 30.3 Å². The molecule has 1 unspecified atom stereocenters. The second kappa shape index (κ2) is 12.2. The van der Waals surface area contributed by atoms with Crippen LogP contribution in [0.5, 0.6) is 0 Å². The Hall–Kier alpha value is -1.49. The van der Waals surface area contributed by atoms with Gasteiger partial charge >= 0.3 is 0 Å². The number of nitrogens with one attached hydrogen (secondary N) is 2. The maximum Gasteiger partial charge on any atom is 0.191 e. The molecule has 0 bridgehead atoms. The smallest absolute Gasteiger partial charge is 0.191 e. The highest BCUT2D eigenvalue weighted by molar-refractivity contribution is 14.0. The average Bonchev–Trinajstić information content (AvgIpc) is 3.34. The third kappa shape index (κ3) is 6.84. The molecule has 0 radical (unpaired) electrons. The normalized spacial score (nSPS) is 16.7. The monoisotopic (exact) mass is 519 g/mol. The SMILES string of the molecule is CSCCN=C(NCCc1ccco1)NC1CCN(c2ncccc2F)C1.I. The van der Waals surface area contributed by atoms with Gasteiger partial charge in [0, 0.05) is 44.0 Å². The zero-order chi connectivity index (χ0) is 18.9. The third-order valence-electron chi connectivity index (χ3n) is 4.38. The van der Waals surface area contributed by atoms with Gasteiger partial charge in [0.1, 0.15) is 5.76 Å². The number of aromatic nitrogens is 1. The van der Waals surface area contributed by atoms with Gasteiger partial charge in [-0.2, -0.15) is 11.8 Å². The number of halogens is 2. The molecule has 1 aliphatic rings. The van der Waals surface area contributed by atoms with Crippen LogP contribution in [0.1, 0.15) is 12.2 Å². The minimum atomic E-state index is -0.274. The number of pyridine rings is 1. The van der Waals surface area contributed by atoms with Gasteiger partial charge in [-0.25, -0.2) is 9.37 Å². The first kappa shape index (κ1) is 22.8. The summed E-state index contributed by atoms with van der Waals surface area (Å²) in [6.45, 7) is 2.97. The highest BCUT2D eigenvalue weighted by Crippen LogP contribution is 2.20. The standard InChI is InChI=1S/C19H26FN5OS.HI/c1-27-13-10-23-19(22-9-6-16-4-3-12-26-16)24-15-7-11-25(14-15)18-17(20)5-2-8-21-18;/h2-5,8,12,15H,6-7,9-11,13-14H2,1H3,(H2,22,23,24);1H. The quantitative estimate of drug-likeness (QED) is 0.242. The Bertz CT molecular complexity index is 731. The highest BCUT2D eigenvalue weighted by atomic mass is 127. The van der Waals surface area contributed by atoms with Gasteiger partial charge < -0.3 is 20.0 Å². The first-order valence-corrected chi connectivity index (χ1v) is 10.6. The largest absolute Gasteiger partial charge is 0.469 e. The zero-order valence-electron chi connectivity index (χ0n) is 15.9. The minimum absolute atomic E-state index is 0.